The predicted octanol–water partition coefficient (Wildman–Crippen LogP) is 3.76. The van der Waals surface area contributed by atoms with Gasteiger partial charge in [0.25, 0.3) is 5.91 Å². The highest BCUT2D eigenvalue weighted by atomic mass is 16.5. The molecule has 0 unspecified atom stereocenters. The van der Waals surface area contributed by atoms with Crippen LogP contribution in [0.25, 0.3) is 11.0 Å². The number of furan rings is 1. The van der Waals surface area contributed by atoms with Crippen LogP contribution in [0.1, 0.15) is 23.0 Å². The topological polar surface area (TPSA) is 51.5 Å². The summed E-state index contributed by atoms with van der Waals surface area (Å²) in [6.07, 6.45) is 0. The van der Waals surface area contributed by atoms with Gasteiger partial charge in [-0.05, 0) is 36.8 Å². The molecule has 0 aliphatic heterocycles. The lowest BCUT2D eigenvalue weighted by atomic mass is 10.2. The van der Waals surface area contributed by atoms with Gasteiger partial charge >= 0.3 is 0 Å². The first-order valence-corrected chi connectivity index (χ1v) is 7.25. The maximum atomic E-state index is 12.2. The summed E-state index contributed by atoms with van der Waals surface area (Å²) in [6, 6.07) is 17.0. The Balaban J connectivity index is 1.68. The second-order valence-electron chi connectivity index (χ2n) is 4.91. The summed E-state index contributed by atoms with van der Waals surface area (Å²) < 4.78 is 11.0. The second kappa shape index (κ2) is 6.35. The summed E-state index contributed by atoms with van der Waals surface area (Å²) in [7, 11) is 0. The quantitative estimate of drug-likeness (QED) is 0.779. The van der Waals surface area contributed by atoms with Crippen molar-refractivity contribution in [1.82, 2.24) is 5.32 Å². The van der Waals surface area contributed by atoms with Gasteiger partial charge in [0.2, 0.25) is 0 Å². The van der Waals surface area contributed by atoms with E-state index < -0.39 is 0 Å². The molecule has 22 heavy (non-hydrogen) atoms. The summed E-state index contributed by atoms with van der Waals surface area (Å²) in [4.78, 5) is 12.2. The van der Waals surface area contributed by atoms with Gasteiger partial charge in [0.15, 0.2) is 5.76 Å². The highest BCUT2D eigenvalue weighted by Gasteiger charge is 2.11. The van der Waals surface area contributed by atoms with Crippen molar-refractivity contribution in [2.24, 2.45) is 0 Å². The average molecular weight is 295 g/mol. The summed E-state index contributed by atoms with van der Waals surface area (Å²) in [5.74, 6) is 0.901. The maximum absolute atomic E-state index is 12.2. The lowest BCUT2D eigenvalue weighted by molar-refractivity contribution is 0.0925. The highest BCUT2D eigenvalue weighted by molar-refractivity contribution is 5.96. The van der Waals surface area contributed by atoms with E-state index >= 15 is 0 Å². The Labute approximate surface area is 128 Å². The minimum absolute atomic E-state index is 0.224. The first-order chi connectivity index (χ1) is 10.8. The van der Waals surface area contributed by atoms with Crippen molar-refractivity contribution >= 4 is 16.9 Å². The van der Waals surface area contributed by atoms with Crippen LogP contribution in [0.5, 0.6) is 5.75 Å². The van der Waals surface area contributed by atoms with Gasteiger partial charge in [0.05, 0.1) is 6.61 Å². The molecular formula is C18H17NO3. The van der Waals surface area contributed by atoms with Crippen molar-refractivity contribution in [2.75, 3.05) is 6.61 Å². The highest BCUT2D eigenvalue weighted by Crippen LogP contribution is 2.19. The molecule has 2 aromatic carbocycles. The standard InChI is InChI=1S/C18H17NO3/c1-2-21-15-8-5-6-13(10-15)12-19-18(20)17-11-14-7-3-4-9-16(14)22-17/h3-11H,2,12H2,1H3,(H,19,20). The third-order valence-corrected chi connectivity index (χ3v) is 3.31. The maximum Gasteiger partial charge on any atom is 0.287 e. The van der Waals surface area contributed by atoms with Crippen LogP contribution in [0.3, 0.4) is 0 Å². The van der Waals surface area contributed by atoms with E-state index in [4.69, 9.17) is 9.15 Å². The molecule has 4 nitrogen and oxygen atoms in total. The molecule has 0 spiro atoms. The Morgan fingerprint density at radius 2 is 2.00 bits per heavy atom. The zero-order chi connectivity index (χ0) is 15.4. The van der Waals surface area contributed by atoms with Crippen LogP contribution in [-0.4, -0.2) is 12.5 Å². The molecule has 0 saturated carbocycles. The van der Waals surface area contributed by atoms with Crippen LogP contribution in [-0.2, 0) is 6.54 Å². The normalized spacial score (nSPS) is 10.6. The van der Waals surface area contributed by atoms with Gasteiger partial charge < -0.3 is 14.5 Å². The fourth-order valence-corrected chi connectivity index (χ4v) is 2.28. The van der Waals surface area contributed by atoms with E-state index in [0.717, 1.165) is 16.7 Å². The van der Waals surface area contributed by atoms with Crippen molar-refractivity contribution in [3.63, 3.8) is 0 Å². The van der Waals surface area contributed by atoms with Gasteiger partial charge in [-0.1, -0.05) is 30.3 Å². The zero-order valence-corrected chi connectivity index (χ0v) is 12.3. The average Bonchev–Trinajstić information content (AvgIpc) is 2.97. The zero-order valence-electron chi connectivity index (χ0n) is 12.3. The minimum Gasteiger partial charge on any atom is -0.494 e. The molecule has 0 saturated heterocycles. The first kappa shape index (κ1) is 14.2. The molecule has 0 fully saturated rings. The van der Waals surface area contributed by atoms with Crippen LogP contribution < -0.4 is 10.1 Å². The van der Waals surface area contributed by atoms with Gasteiger partial charge in [0, 0.05) is 11.9 Å². The Morgan fingerprint density at radius 1 is 1.14 bits per heavy atom. The van der Waals surface area contributed by atoms with Crippen LogP contribution in [0.2, 0.25) is 0 Å². The van der Waals surface area contributed by atoms with Gasteiger partial charge in [-0.3, -0.25) is 4.79 Å². The molecule has 0 bridgehead atoms. The molecule has 4 heteroatoms. The number of rotatable bonds is 5. The van der Waals surface area contributed by atoms with Crippen molar-refractivity contribution in [1.29, 1.82) is 0 Å². The molecule has 1 N–H and O–H groups in total. The van der Waals surface area contributed by atoms with Crippen LogP contribution in [0, 0.1) is 0 Å². The molecule has 1 aromatic heterocycles. The number of ether oxygens (including phenoxy) is 1. The van der Waals surface area contributed by atoms with Crippen molar-refractivity contribution in [3.8, 4) is 5.75 Å². The Morgan fingerprint density at radius 3 is 2.82 bits per heavy atom. The number of hydrogen-bond donors (Lipinski definition) is 1. The molecule has 0 aliphatic rings. The molecule has 0 atom stereocenters. The molecule has 112 valence electrons. The monoisotopic (exact) mass is 295 g/mol. The van der Waals surface area contributed by atoms with E-state index in [1.165, 1.54) is 0 Å². The van der Waals surface area contributed by atoms with Gasteiger partial charge in [-0.25, -0.2) is 0 Å². The van der Waals surface area contributed by atoms with Crippen molar-refractivity contribution < 1.29 is 13.9 Å². The fraction of sp³-hybridized carbons (Fsp3) is 0.167. The van der Waals surface area contributed by atoms with Crippen LogP contribution in [0.15, 0.2) is 59.0 Å². The fourth-order valence-electron chi connectivity index (χ4n) is 2.28. The lowest BCUT2D eigenvalue weighted by Gasteiger charge is -2.06. The van der Waals surface area contributed by atoms with Gasteiger partial charge in [-0.2, -0.15) is 0 Å². The first-order valence-electron chi connectivity index (χ1n) is 7.25. The number of fused-ring (bicyclic) bond motifs is 1. The van der Waals surface area contributed by atoms with E-state index in [-0.39, 0.29) is 5.91 Å². The molecule has 3 rings (SSSR count). The van der Waals surface area contributed by atoms with Crippen molar-refractivity contribution in [2.45, 2.75) is 13.5 Å². The van der Waals surface area contributed by atoms with Gasteiger partial charge in [0.1, 0.15) is 11.3 Å². The Kier molecular flexibility index (Phi) is 4.10. The third-order valence-electron chi connectivity index (χ3n) is 3.31. The number of nitrogens with one attached hydrogen (secondary N) is 1. The van der Waals surface area contributed by atoms with E-state index in [2.05, 4.69) is 5.32 Å². The minimum atomic E-state index is -0.224. The number of hydrogen-bond acceptors (Lipinski definition) is 3. The summed E-state index contributed by atoms with van der Waals surface area (Å²) in [5, 5.41) is 3.78. The number of carbonyl (C=O) groups is 1. The van der Waals surface area contributed by atoms with E-state index in [1.807, 2.05) is 55.5 Å². The van der Waals surface area contributed by atoms with E-state index in [0.29, 0.717) is 24.5 Å². The smallest absolute Gasteiger partial charge is 0.287 e. The number of para-hydroxylation sites is 1. The molecule has 3 aromatic rings. The third kappa shape index (κ3) is 3.11. The predicted molar refractivity (Wildman–Crippen MR) is 85.0 cm³/mol. The van der Waals surface area contributed by atoms with E-state index in [9.17, 15) is 4.79 Å². The molecule has 0 aliphatic carbocycles. The van der Waals surface area contributed by atoms with Crippen LogP contribution in [0.4, 0.5) is 0 Å². The number of benzene rings is 2. The van der Waals surface area contributed by atoms with Crippen LogP contribution >= 0.6 is 0 Å². The molecule has 1 amide bonds. The molecule has 0 radical (unpaired) electrons. The lowest BCUT2D eigenvalue weighted by Crippen LogP contribution is -2.22. The van der Waals surface area contributed by atoms with Gasteiger partial charge in [-0.15, -0.1) is 0 Å². The largest absolute Gasteiger partial charge is 0.494 e. The number of carbonyl (C=O) groups excluding carboxylic acids is 1. The Bertz CT molecular complexity index is 759. The van der Waals surface area contributed by atoms with Crippen molar-refractivity contribution in [3.05, 3.63) is 65.9 Å². The summed E-state index contributed by atoms with van der Waals surface area (Å²) in [5.41, 5.74) is 1.70. The molecular weight excluding hydrogens is 278 g/mol. The second-order valence-corrected chi connectivity index (χ2v) is 4.91. The number of amides is 1. The summed E-state index contributed by atoms with van der Waals surface area (Å²) in [6.45, 7) is 2.99. The Hall–Kier alpha value is -2.75. The van der Waals surface area contributed by atoms with E-state index in [1.54, 1.807) is 6.07 Å². The molecule has 1 heterocycles. The summed E-state index contributed by atoms with van der Waals surface area (Å²) >= 11 is 0. The SMILES string of the molecule is CCOc1cccc(CNC(=O)c2cc3ccccc3o2)c1.